The Morgan fingerprint density at radius 2 is 1.83 bits per heavy atom. The zero-order valence-corrected chi connectivity index (χ0v) is 17.9. The van der Waals surface area contributed by atoms with E-state index >= 15 is 0 Å². The summed E-state index contributed by atoms with van der Waals surface area (Å²) >= 11 is 0. The lowest BCUT2D eigenvalue weighted by molar-refractivity contribution is 0.311. The van der Waals surface area contributed by atoms with Crippen LogP contribution >= 0.6 is 0 Å². The number of para-hydroxylation sites is 2. The van der Waals surface area contributed by atoms with E-state index < -0.39 is 0 Å². The van der Waals surface area contributed by atoms with Crippen LogP contribution in [0, 0.1) is 18.3 Å². The lowest BCUT2D eigenvalue weighted by Gasteiger charge is -2.36. The summed E-state index contributed by atoms with van der Waals surface area (Å²) in [5.41, 5.74) is 6.03. The van der Waals surface area contributed by atoms with Crippen LogP contribution in [0.5, 0.6) is 0 Å². The van der Waals surface area contributed by atoms with E-state index in [4.69, 9.17) is 4.98 Å². The lowest BCUT2D eigenvalue weighted by Crippen LogP contribution is -2.45. The van der Waals surface area contributed by atoms with Crippen molar-refractivity contribution < 1.29 is 0 Å². The minimum absolute atomic E-state index is 0.726. The number of likely N-dealkylation sites (N-methyl/N-ethyl adjacent to an activating group) is 1. The molecule has 0 aliphatic carbocycles. The van der Waals surface area contributed by atoms with Crippen LogP contribution in [0.4, 0.5) is 5.82 Å². The summed E-state index contributed by atoms with van der Waals surface area (Å²) in [4.78, 5) is 9.78. The number of fused-ring (bicyclic) bond motifs is 3. The molecule has 1 aliphatic heterocycles. The maximum absolute atomic E-state index is 9.99. The Kier molecular flexibility index (Phi) is 5.73. The molecule has 0 N–H and O–H groups in total. The standard InChI is InChI=1S/C24H31N5/c1-4-5-6-7-10-19-18(2)20(17-25)23-26-21-11-8-9-12-22(21)29(23)24(19)28-15-13-27(3)14-16-28/h8-9,11-12H,4-7,10,13-16H2,1-3H3. The van der Waals surface area contributed by atoms with Crippen molar-refractivity contribution >= 4 is 22.5 Å². The van der Waals surface area contributed by atoms with E-state index in [1.54, 1.807) is 0 Å². The molecule has 1 aliphatic rings. The van der Waals surface area contributed by atoms with Crippen LogP contribution in [0.1, 0.15) is 49.3 Å². The second-order valence-electron chi connectivity index (χ2n) is 8.27. The minimum atomic E-state index is 0.726. The highest BCUT2D eigenvalue weighted by atomic mass is 15.3. The molecular formula is C24H31N5. The maximum atomic E-state index is 9.99. The Morgan fingerprint density at radius 1 is 1.07 bits per heavy atom. The Labute approximate surface area is 173 Å². The normalized spacial score (nSPS) is 15.3. The third-order valence-corrected chi connectivity index (χ3v) is 6.29. The van der Waals surface area contributed by atoms with Crippen molar-refractivity contribution in [2.24, 2.45) is 0 Å². The number of nitriles is 1. The van der Waals surface area contributed by atoms with Gasteiger partial charge in [0.1, 0.15) is 11.9 Å². The van der Waals surface area contributed by atoms with Gasteiger partial charge >= 0.3 is 0 Å². The number of hydrogen-bond acceptors (Lipinski definition) is 4. The fourth-order valence-corrected chi connectivity index (χ4v) is 4.54. The largest absolute Gasteiger partial charge is 0.355 e. The number of rotatable bonds is 6. The first-order chi connectivity index (χ1) is 14.2. The summed E-state index contributed by atoms with van der Waals surface area (Å²) in [6.07, 6.45) is 5.93. The van der Waals surface area contributed by atoms with Gasteiger partial charge in [-0.2, -0.15) is 5.26 Å². The van der Waals surface area contributed by atoms with Crippen molar-refractivity contribution in [1.29, 1.82) is 5.26 Å². The third-order valence-electron chi connectivity index (χ3n) is 6.29. The van der Waals surface area contributed by atoms with E-state index in [-0.39, 0.29) is 0 Å². The number of pyridine rings is 1. The van der Waals surface area contributed by atoms with Gasteiger partial charge in [0, 0.05) is 26.2 Å². The molecule has 29 heavy (non-hydrogen) atoms. The van der Waals surface area contributed by atoms with Gasteiger partial charge in [0.15, 0.2) is 5.65 Å². The van der Waals surface area contributed by atoms with Crippen molar-refractivity contribution in [3.8, 4) is 6.07 Å². The first-order valence-electron chi connectivity index (χ1n) is 10.9. The van der Waals surface area contributed by atoms with Crippen molar-refractivity contribution in [2.75, 3.05) is 38.1 Å². The first-order valence-corrected chi connectivity index (χ1v) is 10.9. The molecule has 4 rings (SSSR count). The molecule has 0 radical (unpaired) electrons. The first kappa shape index (κ1) is 19.7. The van der Waals surface area contributed by atoms with Gasteiger partial charge in [-0.3, -0.25) is 4.40 Å². The number of unbranched alkanes of at least 4 members (excludes halogenated alkanes) is 3. The van der Waals surface area contributed by atoms with Crippen LogP contribution < -0.4 is 4.90 Å². The number of benzene rings is 1. The van der Waals surface area contributed by atoms with Crippen LogP contribution in [0.25, 0.3) is 16.7 Å². The van der Waals surface area contributed by atoms with Crippen LogP contribution in [0.3, 0.4) is 0 Å². The fourth-order valence-electron chi connectivity index (χ4n) is 4.54. The van der Waals surface area contributed by atoms with E-state index in [1.165, 1.54) is 37.1 Å². The maximum Gasteiger partial charge on any atom is 0.157 e. The highest BCUT2D eigenvalue weighted by Gasteiger charge is 2.25. The molecule has 2 aromatic heterocycles. The van der Waals surface area contributed by atoms with Gasteiger partial charge in [0.25, 0.3) is 0 Å². The highest BCUT2D eigenvalue weighted by molar-refractivity contribution is 5.86. The van der Waals surface area contributed by atoms with Gasteiger partial charge in [0.05, 0.1) is 16.6 Å². The van der Waals surface area contributed by atoms with Crippen LogP contribution in [0.15, 0.2) is 24.3 Å². The van der Waals surface area contributed by atoms with Gasteiger partial charge in [-0.05, 0) is 50.1 Å². The molecule has 0 amide bonds. The Bertz CT molecular complexity index is 1050. The van der Waals surface area contributed by atoms with Crippen LogP contribution in [-0.2, 0) is 6.42 Å². The number of imidazole rings is 1. The van der Waals surface area contributed by atoms with Gasteiger partial charge < -0.3 is 9.80 Å². The molecule has 152 valence electrons. The number of piperazine rings is 1. The summed E-state index contributed by atoms with van der Waals surface area (Å²) in [6.45, 7) is 8.49. The number of nitrogens with zero attached hydrogens (tertiary/aromatic N) is 5. The summed E-state index contributed by atoms with van der Waals surface area (Å²) < 4.78 is 2.27. The summed E-state index contributed by atoms with van der Waals surface area (Å²) in [5.74, 6) is 1.26. The smallest absolute Gasteiger partial charge is 0.157 e. The lowest BCUT2D eigenvalue weighted by atomic mass is 9.98. The molecule has 1 fully saturated rings. The Balaban J connectivity index is 1.94. The Hall–Kier alpha value is -2.58. The molecule has 3 heterocycles. The van der Waals surface area contributed by atoms with E-state index in [1.807, 2.05) is 12.1 Å². The molecule has 5 heteroatoms. The second-order valence-corrected chi connectivity index (χ2v) is 8.27. The van der Waals surface area contributed by atoms with Crippen molar-refractivity contribution in [3.05, 3.63) is 41.0 Å². The van der Waals surface area contributed by atoms with Gasteiger partial charge in [-0.15, -0.1) is 0 Å². The van der Waals surface area contributed by atoms with Crippen molar-refractivity contribution in [1.82, 2.24) is 14.3 Å². The van der Waals surface area contributed by atoms with E-state index in [0.29, 0.717) is 0 Å². The molecule has 0 saturated carbocycles. The molecule has 3 aromatic rings. The number of aromatic nitrogens is 2. The monoisotopic (exact) mass is 389 g/mol. The molecule has 0 bridgehead atoms. The highest BCUT2D eigenvalue weighted by Crippen LogP contribution is 2.34. The summed E-state index contributed by atoms with van der Waals surface area (Å²) in [6, 6.07) is 10.7. The summed E-state index contributed by atoms with van der Waals surface area (Å²) in [5, 5.41) is 9.99. The Morgan fingerprint density at radius 3 is 2.55 bits per heavy atom. The van der Waals surface area contributed by atoms with E-state index in [0.717, 1.165) is 60.4 Å². The van der Waals surface area contributed by atoms with Gasteiger partial charge in [-0.25, -0.2) is 4.98 Å². The summed E-state index contributed by atoms with van der Waals surface area (Å²) in [7, 11) is 2.19. The zero-order valence-electron chi connectivity index (χ0n) is 17.9. The van der Waals surface area contributed by atoms with E-state index in [2.05, 4.69) is 53.3 Å². The quantitative estimate of drug-likeness (QED) is 0.581. The minimum Gasteiger partial charge on any atom is -0.355 e. The molecule has 1 aromatic carbocycles. The van der Waals surface area contributed by atoms with Crippen LogP contribution in [-0.4, -0.2) is 47.5 Å². The predicted octanol–water partition coefficient (Wildman–Crippen LogP) is 4.54. The average molecular weight is 390 g/mol. The fraction of sp³-hybridized carbons (Fsp3) is 0.500. The van der Waals surface area contributed by atoms with E-state index in [9.17, 15) is 5.26 Å². The average Bonchev–Trinajstić information content (AvgIpc) is 3.11. The molecule has 0 atom stereocenters. The van der Waals surface area contributed by atoms with Crippen LogP contribution in [0.2, 0.25) is 0 Å². The third kappa shape index (κ3) is 3.58. The SMILES string of the molecule is CCCCCCc1c(C)c(C#N)c2nc3ccccc3n2c1N1CCN(C)CC1. The predicted molar refractivity (Wildman–Crippen MR) is 120 cm³/mol. The van der Waals surface area contributed by atoms with Gasteiger partial charge in [-0.1, -0.05) is 38.3 Å². The molecular weight excluding hydrogens is 358 g/mol. The second kappa shape index (κ2) is 8.42. The van der Waals surface area contributed by atoms with Gasteiger partial charge in [0.2, 0.25) is 0 Å². The van der Waals surface area contributed by atoms with Crippen molar-refractivity contribution in [3.63, 3.8) is 0 Å². The molecule has 0 unspecified atom stereocenters. The molecule has 5 nitrogen and oxygen atoms in total. The number of anilines is 1. The molecule has 1 saturated heterocycles. The van der Waals surface area contributed by atoms with Crippen molar-refractivity contribution in [2.45, 2.75) is 46.0 Å². The topological polar surface area (TPSA) is 47.6 Å². The number of hydrogen-bond donors (Lipinski definition) is 0. The molecule has 0 spiro atoms. The zero-order chi connectivity index (χ0) is 20.4.